The molecule has 0 spiro atoms. The standard InChI is InChI=1S/C18H23N5/c1-2-4-16-5-3-6-17-22(11-12-23(16)17)13-14-7-9-15(10-8-14)21-18(19)20/h3,5-12,16H,2,4,13H2,1H3,(H4,19,20,21). The van der Waals surface area contributed by atoms with Gasteiger partial charge >= 0.3 is 0 Å². The van der Waals surface area contributed by atoms with E-state index in [-0.39, 0.29) is 5.96 Å². The monoisotopic (exact) mass is 309 g/mol. The van der Waals surface area contributed by atoms with E-state index in [9.17, 15) is 0 Å². The molecule has 0 fully saturated rings. The van der Waals surface area contributed by atoms with Crippen LogP contribution in [0.5, 0.6) is 0 Å². The summed E-state index contributed by atoms with van der Waals surface area (Å²) >= 11 is 0. The molecule has 1 aromatic carbocycles. The van der Waals surface area contributed by atoms with Crippen molar-refractivity contribution in [1.29, 1.82) is 0 Å². The largest absolute Gasteiger partial charge is 0.370 e. The molecule has 5 heteroatoms. The van der Waals surface area contributed by atoms with Crippen molar-refractivity contribution in [2.75, 3.05) is 0 Å². The Bertz CT molecular complexity index is 665. The Morgan fingerprint density at radius 3 is 2.65 bits per heavy atom. The van der Waals surface area contributed by atoms with Crippen LogP contribution in [0.15, 0.2) is 65.7 Å². The highest BCUT2D eigenvalue weighted by Gasteiger charge is 2.26. The summed E-state index contributed by atoms with van der Waals surface area (Å²) in [5, 5.41) is 0. The lowest BCUT2D eigenvalue weighted by Crippen LogP contribution is -2.32. The van der Waals surface area contributed by atoms with Crippen molar-refractivity contribution in [1.82, 2.24) is 9.80 Å². The van der Waals surface area contributed by atoms with Gasteiger partial charge in [-0.05, 0) is 30.2 Å². The number of rotatable bonds is 5. The minimum absolute atomic E-state index is 0.0805. The second-order valence-corrected chi connectivity index (χ2v) is 5.80. The lowest BCUT2D eigenvalue weighted by Gasteiger charge is -2.32. The first-order valence-corrected chi connectivity index (χ1v) is 7.97. The molecule has 0 bridgehead atoms. The number of guanidine groups is 1. The Kier molecular flexibility index (Phi) is 4.37. The van der Waals surface area contributed by atoms with Crippen molar-refractivity contribution in [3.8, 4) is 0 Å². The van der Waals surface area contributed by atoms with Crippen molar-refractivity contribution in [3.05, 3.63) is 66.3 Å². The molecule has 1 aromatic rings. The van der Waals surface area contributed by atoms with E-state index in [2.05, 4.69) is 64.5 Å². The molecule has 0 saturated heterocycles. The van der Waals surface area contributed by atoms with Gasteiger partial charge in [0.2, 0.25) is 0 Å². The van der Waals surface area contributed by atoms with Crippen LogP contribution in [0.1, 0.15) is 25.3 Å². The lowest BCUT2D eigenvalue weighted by atomic mass is 10.1. The molecule has 2 aliphatic rings. The van der Waals surface area contributed by atoms with Crippen LogP contribution in [0.3, 0.4) is 0 Å². The zero-order chi connectivity index (χ0) is 16.2. The Labute approximate surface area is 137 Å². The van der Waals surface area contributed by atoms with Gasteiger partial charge in [-0.3, -0.25) is 0 Å². The maximum absolute atomic E-state index is 5.40. The number of nitrogens with two attached hydrogens (primary N) is 2. The van der Waals surface area contributed by atoms with Crippen LogP contribution in [0, 0.1) is 0 Å². The Balaban J connectivity index is 1.70. The molecular weight excluding hydrogens is 286 g/mol. The molecule has 23 heavy (non-hydrogen) atoms. The fourth-order valence-corrected chi connectivity index (χ4v) is 2.96. The van der Waals surface area contributed by atoms with Crippen LogP contribution in [0.2, 0.25) is 0 Å². The summed E-state index contributed by atoms with van der Waals surface area (Å²) in [5.74, 6) is 1.32. The van der Waals surface area contributed by atoms with Gasteiger partial charge in [-0.2, -0.15) is 0 Å². The maximum atomic E-state index is 5.40. The molecule has 5 nitrogen and oxygen atoms in total. The average molecular weight is 309 g/mol. The highest BCUT2D eigenvalue weighted by atomic mass is 15.4. The molecule has 120 valence electrons. The zero-order valence-corrected chi connectivity index (χ0v) is 13.4. The quantitative estimate of drug-likeness (QED) is 0.648. The topological polar surface area (TPSA) is 70.9 Å². The number of aliphatic imine (C=N–C) groups is 1. The molecular formula is C18H23N5. The second kappa shape index (κ2) is 6.60. The van der Waals surface area contributed by atoms with Crippen LogP contribution in [0.4, 0.5) is 5.69 Å². The van der Waals surface area contributed by atoms with E-state index in [4.69, 9.17) is 11.5 Å². The van der Waals surface area contributed by atoms with Gasteiger partial charge in [0.25, 0.3) is 0 Å². The molecule has 0 amide bonds. The van der Waals surface area contributed by atoms with Crippen LogP contribution < -0.4 is 11.5 Å². The third-order valence-corrected chi connectivity index (χ3v) is 4.03. The normalized spacial score (nSPS) is 18.8. The number of fused-ring (bicyclic) bond motifs is 1. The molecule has 0 aromatic heterocycles. The van der Waals surface area contributed by atoms with E-state index in [0.717, 1.165) is 12.2 Å². The number of allylic oxidation sites excluding steroid dienone is 2. The molecule has 4 N–H and O–H groups in total. The predicted molar refractivity (Wildman–Crippen MR) is 94.4 cm³/mol. The van der Waals surface area contributed by atoms with Crippen molar-refractivity contribution < 1.29 is 0 Å². The molecule has 0 saturated carbocycles. The first kappa shape index (κ1) is 15.2. The fourth-order valence-electron chi connectivity index (χ4n) is 2.96. The van der Waals surface area contributed by atoms with E-state index in [1.54, 1.807) is 0 Å². The van der Waals surface area contributed by atoms with Gasteiger partial charge in [0.1, 0.15) is 5.82 Å². The average Bonchev–Trinajstić information content (AvgIpc) is 2.93. The van der Waals surface area contributed by atoms with E-state index in [1.165, 1.54) is 24.2 Å². The molecule has 0 radical (unpaired) electrons. The van der Waals surface area contributed by atoms with Gasteiger partial charge in [-0.25, -0.2) is 4.99 Å². The van der Waals surface area contributed by atoms with Gasteiger partial charge in [0.05, 0.1) is 11.7 Å². The van der Waals surface area contributed by atoms with Crippen LogP contribution in [-0.4, -0.2) is 21.8 Å². The Morgan fingerprint density at radius 1 is 1.17 bits per heavy atom. The summed E-state index contributed by atoms with van der Waals surface area (Å²) in [7, 11) is 0. The number of hydrogen-bond acceptors (Lipinski definition) is 3. The Hall–Kier alpha value is -2.69. The first-order chi connectivity index (χ1) is 11.2. The lowest BCUT2D eigenvalue weighted by molar-refractivity contribution is 0.301. The smallest absolute Gasteiger partial charge is 0.191 e. The third kappa shape index (κ3) is 3.39. The van der Waals surface area contributed by atoms with Crippen LogP contribution >= 0.6 is 0 Å². The molecule has 1 atom stereocenters. The molecule has 3 rings (SSSR count). The number of benzene rings is 1. The third-order valence-electron chi connectivity index (χ3n) is 4.03. The van der Waals surface area contributed by atoms with Gasteiger partial charge in [0, 0.05) is 18.9 Å². The highest BCUT2D eigenvalue weighted by Crippen LogP contribution is 2.29. The van der Waals surface area contributed by atoms with Gasteiger partial charge < -0.3 is 21.3 Å². The maximum Gasteiger partial charge on any atom is 0.191 e. The number of hydrogen-bond donors (Lipinski definition) is 2. The molecule has 0 aliphatic carbocycles. The summed E-state index contributed by atoms with van der Waals surface area (Å²) in [6.45, 7) is 3.05. The summed E-state index contributed by atoms with van der Waals surface area (Å²) in [6, 6.07) is 8.44. The number of nitrogens with zero attached hydrogens (tertiary/aromatic N) is 3. The van der Waals surface area contributed by atoms with E-state index >= 15 is 0 Å². The summed E-state index contributed by atoms with van der Waals surface area (Å²) in [5.41, 5.74) is 12.8. The second-order valence-electron chi connectivity index (χ2n) is 5.80. The summed E-state index contributed by atoms with van der Waals surface area (Å²) < 4.78 is 0. The first-order valence-electron chi connectivity index (χ1n) is 7.97. The highest BCUT2D eigenvalue weighted by molar-refractivity contribution is 5.78. The summed E-state index contributed by atoms with van der Waals surface area (Å²) in [6.07, 6.45) is 13.3. The minimum atomic E-state index is 0.0805. The minimum Gasteiger partial charge on any atom is -0.370 e. The zero-order valence-electron chi connectivity index (χ0n) is 13.4. The van der Waals surface area contributed by atoms with Crippen molar-refractivity contribution in [2.24, 2.45) is 16.5 Å². The van der Waals surface area contributed by atoms with E-state index in [0.29, 0.717) is 6.04 Å². The fraction of sp³-hybridized carbons (Fsp3) is 0.278. The van der Waals surface area contributed by atoms with Gasteiger partial charge in [0.15, 0.2) is 5.96 Å². The van der Waals surface area contributed by atoms with Crippen molar-refractivity contribution in [3.63, 3.8) is 0 Å². The van der Waals surface area contributed by atoms with Crippen LogP contribution in [-0.2, 0) is 6.54 Å². The van der Waals surface area contributed by atoms with Gasteiger partial charge in [-0.15, -0.1) is 0 Å². The van der Waals surface area contributed by atoms with Crippen molar-refractivity contribution in [2.45, 2.75) is 32.4 Å². The van der Waals surface area contributed by atoms with Gasteiger partial charge in [-0.1, -0.05) is 37.6 Å². The van der Waals surface area contributed by atoms with Crippen molar-refractivity contribution >= 4 is 11.6 Å². The summed E-state index contributed by atoms with van der Waals surface area (Å²) in [4.78, 5) is 8.65. The molecule has 2 aliphatic heterocycles. The van der Waals surface area contributed by atoms with E-state index in [1.807, 2.05) is 12.1 Å². The predicted octanol–water partition coefficient (Wildman–Crippen LogP) is 2.76. The molecule has 2 heterocycles. The SMILES string of the molecule is CCCC1C=CC=C2N(Cc3ccc(N=C(N)N)cc3)C=CN21. The van der Waals surface area contributed by atoms with E-state index < -0.39 is 0 Å². The molecule has 1 unspecified atom stereocenters. The Morgan fingerprint density at radius 2 is 1.96 bits per heavy atom. The van der Waals surface area contributed by atoms with Crippen LogP contribution in [0.25, 0.3) is 0 Å².